The number of rotatable bonds is 11. The molecular formula is C30H28N2O6S. The Morgan fingerprint density at radius 3 is 2.49 bits per heavy atom. The number of amides is 1. The van der Waals surface area contributed by atoms with Gasteiger partial charge in [0, 0.05) is 5.56 Å². The Hall–Kier alpha value is -4.50. The molecule has 3 aromatic rings. The Morgan fingerprint density at radius 2 is 1.85 bits per heavy atom. The van der Waals surface area contributed by atoms with Crippen LogP contribution in [0.15, 0.2) is 83.2 Å². The van der Waals surface area contributed by atoms with Crippen molar-refractivity contribution in [1.29, 1.82) is 0 Å². The first-order valence-corrected chi connectivity index (χ1v) is 13.0. The molecule has 1 aliphatic heterocycles. The molecule has 8 nitrogen and oxygen atoms in total. The summed E-state index contributed by atoms with van der Waals surface area (Å²) in [5.74, 6) is 0.632. The normalized spacial score (nSPS) is 14.8. The van der Waals surface area contributed by atoms with Gasteiger partial charge in [0.05, 0.1) is 29.9 Å². The molecule has 0 aliphatic carbocycles. The first-order valence-electron chi connectivity index (χ1n) is 12.2. The van der Waals surface area contributed by atoms with Crippen LogP contribution in [0.3, 0.4) is 0 Å². The molecule has 1 saturated heterocycles. The second-order valence-corrected chi connectivity index (χ2v) is 9.43. The molecule has 1 fully saturated rings. The summed E-state index contributed by atoms with van der Waals surface area (Å²) < 4.78 is 17.2. The van der Waals surface area contributed by atoms with Gasteiger partial charge in [-0.15, -0.1) is 6.58 Å². The number of allylic oxidation sites excluding steroid dienone is 1. The second-order valence-electron chi connectivity index (χ2n) is 8.40. The monoisotopic (exact) mass is 544 g/mol. The van der Waals surface area contributed by atoms with Crippen LogP contribution in [0.1, 0.15) is 34.0 Å². The molecule has 0 aromatic heterocycles. The Morgan fingerprint density at radius 1 is 1.10 bits per heavy atom. The van der Waals surface area contributed by atoms with Gasteiger partial charge in [0.15, 0.2) is 16.7 Å². The number of nitrogens with one attached hydrogen (secondary N) is 1. The minimum Gasteiger partial charge on any atom is -0.497 e. The third-order valence-electron chi connectivity index (χ3n) is 5.65. The molecule has 0 saturated carbocycles. The maximum absolute atomic E-state index is 12.7. The minimum absolute atomic E-state index is 0.213. The number of aliphatic imine (C=N–C) groups is 1. The quantitative estimate of drug-likeness (QED) is 0.226. The van der Waals surface area contributed by atoms with Crippen LogP contribution in [-0.2, 0) is 17.8 Å². The van der Waals surface area contributed by atoms with Gasteiger partial charge in [0.25, 0.3) is 5.91 Å². The average Bonchev–Trinajstić information content (AvgIpc) is 3.27. The van der Waals surface area contributed by atoms with Crippen molar-refractivity contribution in [2.45, 2.75) is 20.0 Å². The van der Waals surface area contributed by atoms with Gasteiger partial charge in [0.2, 0.25) is 0 Å². The molecule has 4 rings (SSSR count). The zero-order valence-corrected chi connectivity index (χ0v) is 22.4. The highest BCUT2D eigenvalue weighted by Crippen LogP contribution is 2.37. The van der Waals surface area contributed by atoms with Gasteiger partial charge in [-0.3, -0.25) is 4.79 Å². The number of carboxylic acids is 1. The molecule has 3 aromatic carbocycles. The van der Waals surface area contributed by atoms with E-state index in [1.165, 1.54) is 11.8 Å². The smallest absolute Gasteiger partial charge is 0.335 e. The summed E-state index contributed by atoms with van der Waals surface area (Å²) >= 11 is 1.26. The minimum atomic E-state index is -0.979. The summed E-state index contributed by atoms with van der Waals surface area (Å²) in [5.41, 5.74) is 3.36. The number of aromatic carboxylic acids is 1. The zero-order valence-electron chi connectivity index (χ0n) is 21.6. The lowest BCUT2D eigenvalue weighted by atomic mass is 10.0. The highest BCUT2D eigenvalue weighted by molar-refractivity contribution is 8.18. The number of methoxy groups -OCH3 is 1. The van der Waals surface area contributed by atoms with Crippen molar-refractivity contribution in [3.05, 3.63) is 100 Å². The van der Waals surface area contributed by atoms with E-state index in [1.807, 2.05) is 43.3 Å². The SMILES string of the molecule is C=CCc1cc(/C=C2/SC(=Nc3ccc(OC)cc3)NC2=O)cc(OCC)c1OCc1ccc(C(=O)O)cc1. The van der Waals surface area contributed by atoms with E-state index in [1.54, 1.807) is 43.5 Å². The molecule has 1 aliphatic rings. The summed E-state index contributed by atoms with van der Waals surface area (Å²) in [6, 6.07) is 17.5. The molecule has 0 spiro atoms. The summed E-state index contributed by atoms with van der Waals surface area (Å²) in [6.45, 7) is 6.40. The molecule has 1 heterocycles. The van der Waals surface area contributed by atoms with Crippen molar-refractivity contribution in [3.63, 3.8) is 0 Å². The maximum Gasteiger partial charge on any atom is 0.335 e. The molecule has 1 amide bonds. The van der Waals surface area contributed by atoms with Crippen molar-refractivity contribution < 1.29 is 28.9 Å². The van der Waals surface area contributed by atoms with Crippen molar-refractivity contribution in [1.82, 2.24) is 5.32 Å². The Labute approximate surface area is 231 Å². The predicted molar refractivity (Wildman–Crippen MR) is 153 cm³/mol. The molecule has 0 unspecified atom stereocenters. The molecule has 2 N–H and O–H groups in total. The first kappa shape index (κ1) is 27.5. The van der Waals surface area contributed by atoms with Gasteiger partial charge in [-0.05, 0) is 90.8 Å². The van der Waals surface area contributed by atoms with Crippen LogP contribution in [0.4, 0.5) is 5.69 Å². The van der Waals surface area contributed by atoms with E-state index >= 15 is 0 Å². The number of hydrogen-bond acceptors (Lipinski definition) is 7. The largest absolute Gasteiger partial charge is 0.497 e. The van der Waals surface area contributed by atoms with Crippen LogP contribution in [-0.4, -0.2) is 35.9 Å². The van der Waals surface area contributed by atoms with E-state index in [-0.39, 0.29) is 18.1 Å². The van der Waals surface area contributed by atoms with Gasteiger partial charge in [-0.1, -0.05) is 18.2 Å². The first-order chi connectivity index (χ1) is 18.9. The lowest BCUT2D eigenvalue weighted by molar-refractivity contribution is -0.115. The molecule has 9 heteroatoms. The van der Waals surface area contributed by atoms with Crippen molar-refractivity contribution >= 4 is 40.6 Å². The third kappa shape index (κ3) is 7.08. The predicted octanol–water partition coefficient (Wildman–Crippen LogP) is 5.99. The molecule has 0 atom stereocenters. The fourth-order valence-corrected chi connectivity index (χ4v) is 4.65. The standard InChI is InChI=1S/C30H28N2O6S/c1-4-6-22-15-20(17-26-28(33)32-30(39-26)31-23-11-13-24(36-3)14-12-23)16-25(37-5-2)27(22)38-18-19-7-9-21(10-8-19)29(34)35/h4,7-17H,1,5-6,18H2,2-3H3,(H,34,35)(H,31,32,33)/b26-17+. The number of nitrogens with zero attached hydrogens (tertiary/aromatic N) is 1. The van der Waals surface area contributed by atoms with Gasteiger partial charge in [-0.2, -0.15) is 0 Å². The van der Waals surface area contributed by atoms with E-state index in [4.69, 9.17) is 19.3 Å². The number of thioether (sulfide) groups is 1. The topological polar surface area (TPSA) is 106 Å². The van der Waals surface area contributed by atoms with E-state index < -0.39 is 5.97 Å². The van der Waals surface area contributed by atoms with Gasteiger partial charge in [-0.25, -0.2) is 9.79 Å². The maximum atomic E-state index is 12.7. The lowest BCUT2D eigenvalue weighted by Gasteiger charge is -2.17. The molecule has 39 heavy (non-hydrogen) atoms. The molecule has 0 bridgehead atoms. The summed E-state index contributed by atoms with van der Waals surface area (Å²) in [5, 5.41) is 12.4. The number of carbonyl (C=O) groups excluding carboxylic acids is 1. The summed E-state index contributed by atoms with van der Waals surface area (Å²) in [7, 11) is 1.60. The number of ether oxygens (including phenoxy) is 3. The summed E-state index contributed by atoms with van der Waals surface area (Å²) in [6.07, 6.45) is 4.08. The molecular weight excluding hydrogens is 516 g/mol. The van der Waals surface area contributed by atoms with Gasteiger partial charge in [0.1, 0.15) is 12.4 Å². The van der Waals surface area contributed by atoms with Gasteiger partial charge >= 0.3 is 5.97 Å². The highest BCUT2D eigenvalue weighted by atomic mass is 32.2. The van der Waals surface area contributed by atoms with E-state index in [9.17, 15) is 9.59 Å². The van der Waals surface area contributed by atoms with E-state index in [2.05, 4.69) is 16.9 Å². The van der Waals surface area contributed by atoms with Gasteiger partial charge < -0.3 is 24.6 Å². The van der Waals surface area contributed by atoms with Crippen LogP contribution in [0.2, 0.25) is 0 Å². The number of carboxylic acid groups (broad SMARTS) is 1. The Kier molecular flexibility index (Phi) is 9.06. The fourth-order valence-electron chi connectivity index (χ4n) is 3.81. The van der Waals surface area contributed by atoms with Crippen LogP contribution in [0.25, 0.3) is 6.08 Å². The fraction of sp³-hybridized carbons (Fsp3) is 0.167. The highest BCUT2D eigenvalue weighted by Gasteiger charge is 2.24. The van der Waals surface area contributed by atoms with E-state index in [0.29, 0.717) is 40.3 Å². The average molecular weight is 545 g/mol. The Bertz CT molecular complexity index is 1430. The number of hydrogen-bond donors (Lipinski definition) is 2. The van der Waals surface area contributed by atoms with Crippen LogP contribution in [0, 0.1) is 0 Å². The second kappa shape index (κ2) is 12.8. The molecule has 0 radical (unpaired) electrons. The van der Waals surface area contributed by atoms with Crippen molar-refractivity contribution in [2.24, 2.45) is 4.99 Å². The van der Waals surface area contributed by atoms with Crippen LogP contribution >= 0.6 is 11.8 Å². The van der Waals surface area contributed by atoms with E-state index in [0.717, 1.165) is 22.4 Å². The van der Waals surface area contributed by atoms with Crippen molar-refractivity contribution in [3.8, 4) is 17.2 Å². The molecule has 200 valence electrons. The summed E-state index contributed by atoms with van der Waals surface area (Å²) in [4.78, 5) is 28.8. The number of amidine groups is 1. The van der Waals surface area contributed by atoms with Crippen LogP contribution < -0.4 is 19.5 Å². The third-order valence-corrected chi connectivity index (χ3v) is 6.56. The lowest BCUT2D eigenvalue weighted by Crippen LogP contribution is -2.19. The Balaban J connectivity index is 1.58. The number of benzene rings is 3. The van der Waals surface area contributed by atoms with Crippen LogP contribution in [0.5, 0.6) is 17.2 Å². The zero-order chi connectivity index (χ0) is 27.8. The van der Waals surface area contributed by atoms with Crippen molar-refractivity contribution in [2.75, 3.05) is 13.7 Å². The number of carbonyl (C=O) groups is 2.